The molecule has 0 aliphatic carbocycles. The molecular weight excluding hydrogens is 679 g/mol. The Morgan fingerprint density at radius 2 is 0.750 bits per heavy atom. The van der Waals surface area contributed by atoms with Crippen molar-refractivity contribution in [3.8, 4) is 78.5 Å². The molecule has 56 heavy (non-hydrogen) atoms. The highest BCUT2D eigenvalue weighted by Gasteiger charge is 2.17. The molecule has 2 aromatic heterocycles. The van der Waals surface area contributed by atoms with Crippen LogP contribution in [0.1, 0.15) is 0 Å². The van der Waals surface area contributed by atoms with Crippen LogP contribution in [0, 0.1) is 0 Å². The van der Waals surface area contributed by atoms with Gasteiger partial charge in [0.2, 0.25) is 0 Å². The summed E-state index contributed by atoms with van der Waals surface area (Å²) in [4.78, 5) is 15.9. The summed E-state index contributed by atoms with van der Waals surface area (Å²) in [5, 5.41) is 3.41. The molecule has 0 atom stereocenters. The highest BCUT2D eigenvalue weighted by atomic mass is 14.9. The van der Waals surface area contributed by atoms with Crippen LogP contribution in [-0.4, -0.2) is 15.0 Å². The largest absolute Gasteiger partial charge is 0.247 e. The van der Waals surface area contributed by atoms with Gasteiger partial charge in [-0.25, -0.2) is 15.0 Å². The smallest absolute Gasteiger partial charge is 0.160 e. The van der Waals surface area contributed by atoms with E-state index in [9.17, 15) is 0 Å². The maximum absolute atomic E-state index is 5.40. The molecule has 0 unspecified atom stereocenters. The third kappa shape index (κ3) is 6.31. The molecule has 0 aliphatic rings. The second kappa shape index (κ2) is 14.4. The van der Waals surface area contributed by atoms with Crippen molar-refractivity contribution in [2.75, 3.05) is 0 Å². The van der Waals surface area contributed by atoms with Crippen molar-refractivity contribution in [1.82, 2.24) is 15.0 Å². The average molecular weight is 714 g/mol. The summed E-state index contributed by atoms with van der Waals surface area (Å²) in [6.45, 7) is 0. The number of hydrogen-bond acceptors (Lipinski definition) is 3. The van der Waals surface area contributed by atoms with E-state index < -0.39 is 0 Å². The number of benzene rings is 8. The summed E-state index contributed by atoms with van der Waals surface area (Å²) in [6.07, 6.45) is 0. The van der Waals surface area contributed by atoms with Gasteiger partial charge in [-0.2, -0.15) is 0 Å². The summed E-state index contributed by atoms with van der Waals surface area (Å²) in [7, 11) is 0. The maximum atomic E-state index is 5.40. The molecule has 0 radical (unpaired) electrons. The van der Waals surface area contributed by atoms with Crippen molar-refractivity contribution in [3.63, 3.8) is 0 Å². The SMILES string of the molecule is c1ccc(-c2cccc(-c3cc(-c4ccc5c(c4)nc(-c4ccccc4)c4cccc(-c6ccccc6)c45)nc(-c4cccc(-c5ccccc5)c4)n3)c2)cc1. The van der Waals surface area contributed by atoms with Crippen LogP contribution in [0.3, 0.4) is 0 Å². The third-order valence-corrected chi connectivity index (χ3v) is 10.5. The topological polar surface area (TPSA) is 38.7 Å². The van der Waals surface area contributed by atoms with E-state index in [4.69, 9.17) is 15.0 Å². The van der Waals surface area contributed by atoms with Crippen LogP contribution in [0.5, 0.6) is 0 Å². The van der Waals surface area contributed by atoms with E-state index in [1.165, 1.54) is 16.5 Å². The molecule has 2 heterocycles. The summed E-state index contributed by atoms with van der Waals surface area (Å²) in [5.74, 6) is 0.670. The first-order valence-electron chi connectivity index (χ1n) is 18.9. The number of aromatic nitrogens is 3. The van der Waals surface area contributed by atoms with Crippen molar-refractivity contribution in [2.24, 2.45) is 0 Å². The van der Waals surface area contributed by atoms with E-state index in [-0.39, 0.29) is 0 Å². The molecule has 0 N–H and O–H groups in total. The van der Waals surface area contributed by atoms with Crippen LogP contribution in [0.2, 0.25) is 0 Å². The predicted molar refractivity (Wildman–Crippen MR) is 233 cm³/mol. The zero-order chi connectivity index (χ0) is 37.3. The quantitative estimate of drug-likeness (QED) is 0.154. The first kappa shape index (κ1) is 33.1. The molecule has 3 nitrogen and oxygen atoms in total. The summed E-state index contributed by atoms with van der Waals surface area (Å²) >= 11 is 0. The van der Waals surface area contributed by atoms with Gasteiger partial charge in [0.15, 0.2) is 5.82 Å². The van der Waals surface area contributed by atoms with Gasteiger partial charge in [-0.3, -0.25) is 0 Å². The van der Waals surface area contributed by atoms with E-state index in [1.54, 1.807) is 0 Å². The third-order valence-electron chi connectivity index (χ3n) is 10.5. The molecule has 3 heteroatoms. The molecular formula is C53H35N3. The van der Waals surface area contributed by atoms with Gasteiger partial charge in [-0.15, -0.1) is 0 Å². The van der Waals surface area contributed by atoms with Gasteiger partial charge in [0, 0.05) is 38.4 Å². The second-order valence-electron chi connectivity index (χ2n) is 14.0. The molecule has 10 rings (SSSR count). The van der Waals surface area contributed by atoms with Gasteiger partial charge in [-0.1, -0.05) is 188 Å². The zero-order valence-corrected chi connectivity index (χ0v) is 30.5. The standard InChI is InChI=1S/C53H35N3/c1-5-16-36(17-6-1)40-24-13-26-42(32-40)48-35-49(56-53(55-48)44-27-14-25-41(33-44)37-18-7-2-8-19-37)43-30-31-46-50(34-43)54-52(39-22-11-4-12-23-39)47-29-15-28-45(51(46)47)38-20-9-3-10-21-38/h1-35H. The van der Waals surface area contributed by atoms with Crippen molar-refractivity contribution < 1.29 is 0 Å². The van der Waals surface area contributed by atoms with Crippen molar-refractivity contribution >= 4 is 21.7 Å². The minimum Gasteiger partial charge on any atom is -0.247 e. The van der Waals surface area contributed by atoms with Crippen LogP contribution in [-0.2, 0) is 0 Å². The fourth-order valence-corrected chi connectivity index (χ4v) is 7.72. The van der Waals surface area contributed by atoms with Crippen molar-refractivity contribution in [2.45, 2.75) is 0 Å². The molecule has 0 aliphatic heterocycles. The Bertz CT molecular complexity index is 2900. The highest BCUT2D eigenvalue weighted by Crippen LogP contribution is 2.40. The maximum Gasteiger partial charge on any atom is 0.160 e. The summed E-state index contributed by atoms with van der Waals surface area (Å²) in [6, 6.07) is 74.4. The Morgan fingerprint density at radius 1 is 0.268 bits per heavy atom. The van der Waals surface area contributed by atoms with E-state index in [0.717, 1.165) is 77.9 Å². The van der Waals surface area contributed by atoms with Gasteiger partial charge < -0.3 is 0 Å². The van der Waals surface area contributed by atoms with Gasteiger partial charge in [0.05, 0.1) is 22.6 Å². The predicted octanol–water partition coefficient (Wildman–Crippen LogP) is 13.8. The first-order valence-corrected chi connectivity index (χ1v) is 18.9. The van der Waals surface area contributed by atoms with Gasteiger partial charge in [0.1, 0.15) is 0 Å². The van der Waals surface area contributed by atoms with E-state index >= 15 is 0 Å². The fourth-order valence-electron chi connectivity index (χ4n) is 7.72. The normalized spacial score (nSPS) is 11.2. The lowest BCUT2D eigenvalue weighted by atomic mass is 9.92. The van der Waals surface area contributed by atoms with Crippen LogP contribution in [0.15, 0.2) is 212 Å². The molecule has 0 fully saturated rings. The molecule has 262 valence electrons. The minimum atomic E-state index is 0.670. The fraction of sp³-hybridized carbons (Fsp3) is 0. The minimum absolute atomic E-state index is 0.670. The molecule has 0 saturated heterocycles. The summed E-state index contributed by atoms with van der Waals surface area (Å²) < 4.78 is 0. The molecule has 0 saturated carbocycles. The Hall–Kier alpha value is -7.49. The van der Waals surface area contributed by atoms with Crippen molar-refractivity contribution in [1.29, 1.82) is 0 Å². The number of pyridine rings is 1. The Balaban J connectivity index is 1.19. The van der Waals surface area contributed by atoms with Crippen LogP contribution in [0.4, 0.5) is 0 Å². The van der Waals surface area contributed by atoms with Gasteiger partial charge in [-0.05, 0) is 57.6 Å². The Labute approximate surface area is 326 Å². The number of hydrogen-bond donors (Lipinski definition) is 0. The average Bonchev–Trinajstić information content (AvgIpc) is 3.29. The lowest BCUT2D eigenvalue weighted by molar-refractivity contribution is 1.18. The van der Waals surface area contributed by atoms with Crippen LogP contribution < -0.4 is 0 Å². The van der Waals surface area contributed by atoms with Crippen LogP contribution >= 0.6 is 0 Å². The molecule has 10 aromatic rings. The zero-order valence-electron chi connectivity index (χ0n) is 30.5. The van der Waals surface area contributed by atoms with E-state index in [1.807, 2.05) is 12.1 Å². The first-order chi connectivity index (χ1) is 27.7. The van der Waals surface area contributed by atoms with Crippen LogP contribution in [0.25, 0.3) is 100 Å². The molecule has 0 bridgehead atoms. The lowest BCUT2D eigenvalue weighted by Crippen LogP contribution is -1.97. The van der Waals surface area contributed by atoms with E-state index in [0.29, 0.717) is 5.82 Å². The number of rotatable bonds is 7. The van der Waals surface area contributed by atoms with Crippen molar-refractivity contribution in [3.05, 3.63) is 212 Å². The Morgan fingerprint density at radius 3 is 1.38 bits per heavy atom. The van der Waals surface area contributed by atoms with Gasteiger partial charge >= 0.3 is 0 Å². The highest BCUT2D eigenvalue weighted by molar-refractivity contribution is 6.17. The molecule has 0 amide bonds. The monoisotopic (exact) mass is 713 g/mol. The van der Waals surface area contributed by atoms with E-state index in [2.05, 4.69) is 200 Å². The number of fused-ring (bicyclic) bond motifs is 3. The molecule has 8 aromatic carbocycles. The second-order valence-corrected chi connectivity index (χ2v) is 14.0. The molecule has 0 spiro atoms. The Kier molecular flexibility index (Phi) is 8.51. The summed E-state index contributed by atoms with van der Waals surface area (Å²) in [5.41, 5.74) is 14.5. The number of nitrogens with zero attached hydrogens (tertiary/aromatic N) is 3. The lowest BCUT2D eigenvalue weighted by Gasteiger charge is -2.15. The van der Waals surface area contributed by atoms with Gasteiger partial charge in [0.25, 0.3) is 0 Å².